The van der Waals surface area contributed by atoms with Gasteiger partial charge in [0.05, 0.1) is 5.69 Å². The van der Waals surface area contributed by atoms with E-state index in [9.17, 15) is 0 Å². The van der Waals surface area contributed by atoms with Gasteiger partial charge in [0.25, 0.3) is 6.01 Å². The van der Waals surface area contributed by atoms with Crippen LogP contribution in [0.15, 0.2) is 40.9 Å². The minimum Gasteiger partial charge on any atom is -0.424 e. The van der Waals surface area contributed by atoms with Gasteiger partial charge in [0.1, 0.15) is 11.2 Å². The number of benzene rings is 1. The van der Waals surface area contributed by atoms with Crippen LogP contribution in [0.2, 0.25) is 0 Å². The fraction of sp³-hybridized carbons (Fsp3) is 0.263. The summed E-state index contributed by atoms with van der Waals surface area (Å²) >= 11 is 0. The average molecular weight is 320 g/mol. The van der Waals surface area contributed by atoms with Crippen molar-refractivity contribution >= 4 is 22.8 Å². The summed E-state index contributed by atoms with van der Waals surface area (Å²) < 4.78 is 7.81. The molecule has 3 aromatic heterocycles. The zero-order valence-electron chi connectivity index (χ0n) is 14.1. The summed E-state index contributed by atoms with van der Waals surface area (Å²) in [6.07, 6.45) is 3.93. The summed E-state index contributed by atoms with van der Waals surface area (Å²) in [5, 5.41) is 2.93. The van der Waals surface area contributed by atoms with Crippen LogP contribution in [0.1, 0.15) is 22.5 Å². The van der Waals surface area contributed by atoms with E-state index < -0.39 is 0 Å². The summed E-state index contributed by atoms with van der Waals surface area (Å²) in [6, 6.07) is 11.0. The molecule has 0 aliphatic rings. The van der Waals surface area contributed by atoms with Crippen molar-refractivity contribution in [3.8, 4) is 0 Å². The van der Waals surface area contributed by atoms with Crippen LogP contribution in [0.3, 0.4) is 0 Å². The number of rotatable bonds is 4. The third kappa shape index (κ3) is 2.52. The first-order chi connectivity index (χ1) is 11.6. The van der Waals surface area contributed by atoms with Gasteiger partial charge in [-0.1, -0.05) is 6.07 Å². The monoisotopic (exact) mass is 320 g/mol. The molecule has 1 aromatic carbocycles. The number of hydrogen-bond donors (Lipinski definition) is 1. The number of aryl methyl sites for hydroxylation is 4. The minimum atomic E-state index is 0.550. The van der Waals surface area contributed by atoms with Gasteiger partial charge in [-0.05, 0) is 62.1 Å². The molecule has 0 amide bonds. The molecule has 0 aliphatic carbocycles. The molecule has 0 radical (unpaired) electrons. The lowest BCUT2D eigenvalue weighted by molar-refractivity contribution is 0.620. The van der Waals surface area contributed by atoms with Gasteiger partial charge < -0.3 is 14.1 Å². The molecule has 0 saturated heterocycles. The second-order valence-electron chi connectivity index (χ2n) is 6.15. The smallest absolute Gasteiger partial charge is 0.295 e. The average Bonchev–Trinajstić information content (AvgIpc) is 3.13. The van der Waals surface area contributed by atoms with Gasteiger partial charge in [0, 0.05) is 18.9 Å². The van der Waals surface area contributed by atoms with Crippen molar-refractivity contribution in [2.45, 2.75) is 26.7 Å². The van der Waals surface area contributed by atoms with Crippen LogP contribution in [0, 0.1) is 13.8 Å². The van der Waals surface area contributed by atoms with Gasteiger partial charge in [-0.15, -0.1) is 0 Å². The van der Waals surface area contributed by atoms with Crippen molar-refractivity contribution in [1.82, 2.24) is 14.4 Å². The SMILES string of the molecule is CNc1nc2ccc(CCc3nc4cc(C)ccn4c3C)cc2o1. The van der Waals surface area contributed by atoms with Crippen LogP contribution in [0.4, 0.5) is 6.01 Å². The van der Waals surface area contributed by atoms with Crippen LogP contribution in [-0.4, -0.2) is 21.4 Å². The molecule has 0 saturated carbocycles. The first-order valence-electron chi connectivity index (χ1n) is 8.15. The Morgan fingerprint density at radius 2 is 1.96 bits per heavy atom. The molecule has 5 nitrogen and oxygen atoms in total. The van der Waals surface area contributed by atoms with Crippen molar-refractivity contribution < 1.29 is 4.42 Å². The molecule has 0 aliphatic heterocycles. The molecular formula is C19H20N4O. The minimum absolute atomic E-state index is 0.550. The highest BCUT2D eigenvalue weighted by Crippen LogP contribution is 2.21. The standard InChI is InChI=1S/C19H20N4O/c1-12-8-9-23-13(2)15(21-18(23)10-12)6-4-14-5-7-16-17(11-14)24-19(20-3)22-16/h5,7-11H,4,6H2,1-3H3,(H,20,22). The third-order valence-corrected chi connectivity index (χ3v) is 4.44. The van der Waals surface area contributed by atoms with E-state index in [1.807, 2.05) is 6.07 Å². The Bertz CT molecular complexity index is 1030. The predicted octanol–water partition coefficient (Wildman–Crippen LogP) is 3.92. The Morgan fingerprint density at radius 3 is 2.79 bits per heavy atom. The van der Waals surface area contributed by atoms with Crippen LogP contribution < -0.4 is 5.32 Å². The zero-order valence-corrected chi connectivity index (χ0v) is 14.1. The van der Waals surface area contributed by atoms with Crippen LogP contribution in [0.5, 0.6) is 0 Å². The van der Waals surface area contributed by atoms with Gasteiger partial charge in [-0.3, -0.25) is 0 Å². The first-order valence-corrected chi connectivity index (χ1v) is 8.15. The lowest BCUT2D eigenvalue weighted by atomic mass is 10.1. The second kappa shape index (κ2) is 5.67. The molecule has 1 N–H and O–H groups in total. The Balaban J connectivity index is 1.59. The van der Waals surface area contributed by atoms with Crippen LogP contribution in [0.25, 0.3) is 16.7 Å². The van der Waals surface area contributed by atoms with Crippen molar-refractivity contribution in [2.24, 2.45) is 0 Å². The number of hydrogen-bond acceptors (Lipinski definition) is 4. The Kier molecular flexibility index (Phi) is 3.49. The summed E-state index contributed by atoms with van der Waals surface area (Å²) in [5.74, 6) is 0. The van der Waals surface area contributed by atoms with E-state index >= 15 is 0 Å². The first kappa shape index (κ1) is 14.8. The molecule has 0 fully saturated rings. The van der Waals surface area contributed by atoms with E-state index in [-0.39, 0.29) is 0 Å². The predicted molar refractivity (Wildman–Crippen MR) is 95.6 cm³/mol. The number of fused-ring (bicyclic) bond motifs is 2. The number of pyridine rings is 1. The number of aromatic nitrogens is 3. The van der Waals surface area contributed by atoms with Crippen molar-refractivity contribution in [1.29, 1.82) is 0 Å². The van der Waals surface area contributed by atoms with Gasteiger partial charge in [0.2, 0.25) is 0 Å². The summed E-state index contributed by atoms with van der Waals surface area (Å²) in [7, 11) is 1.81. The van der Waals surface area contributed by atoms with E-state index in [2.05, 4.69) is 59.0 Å². The molecule has 122 valence electrons. The maximum atomic E-state index is 5.65. The molecule has 5 heteroatoms. The molecular weight excluding hydrogens is 300 g/mol. The molecule has 4 aromatic rings. The third-order valence-electron chi connectivity index (χ3n) is 4.44. The summed E-state index contributed by atoms with van der Waals surface area (Å²) in [4.78, 5) is 9.13. The highest BCUT2D eigenvalue weighted by molar-refractivity contribution is 5.75. The Morgan fingerprint density at radius 1 is 1.08 bits per heavy atom. The highest BCUT2D eigenvalue weighted by Gasteiger charge is 2.10. The van der Waals surface area contributed by atoms with E-state index in [0.717, 1.165) is 35.3 Å². The summed E-state index contributed by atoms with van der Waals surface area (Å²) in [5.41, 5.74) is 7.54. The van der Waals surface area contributed by atoms with E-state index in [1.165, 1.54) is 16.8 Å². The number of imidazole rings is 1. The lowest BCUT2D eigenvalue weighted by Gasteiger charge is -2.01. The zero-order chi connectivity index (χ0) is 16.7. The fourth-order valence-electron chi connectivity index (χ4n) is 3.05. The van der Waals surface area contributed by atoms with E-state index in [0.29, 0.717) is 6.01 Å². The topological polar surface area (TPSA) is 55.4 Å². The van der Waals surface area contributed by atoms with Crippen molar-refractivity contribution in [2.75, 3.05) is 12.4 Å². The number of anilines is 1. The molecule has 0 spiro atoms. The summed E-state index contributed by atoms with van der Waals surface area (Å²) in [6.45, 7) is 4.22. The molecule has 4 rings (SSSR count). The quantitative estimate of drug-likeness (QED) is 0.619. The Hall–Kier alpha value is -2.82. The fourth-order valence-corrected chi connectivity index (χ4v) is 3.05. The van der Waals surface area contributed by atoms with Crippen molar-refractivity contribution in [3.05, 3.63) is 59.0 Å². The van der Waals surface area contributed by atoms with E-state index in [4.69, 9.17) is 9.40 Å². The van der Waals surface area contributed by atoms with Gasteiger partial charge in [-0.25, -0.2) is 4.98 Å². The van der Waals surface area contributed by atoms with Crippen LogP contribution in [-0.2, 0) is 12.8 Å². The number of nitrogens with zero attached hydrogens (tertiary/aromatic N) is 3. The van der Waals surface area contributed by atoms with Crippen molar-refractivity contribution in [3.63, 3.8) is 0 Å². The van der Waals surface area contributed by atoms with Crippen LogP contribution >= 0.6 is 0 Å². The molecule has 0 unspecified atom stereocenters. The van der Waals surface area contributed by atoms with Gasteiger partial charge >= 0.3 is 0 Å². The molecule has 3 heterocycles. The molecule has 0 bridgehead atoms. The second-order valence-corrected chi connectivity index (χ2v) is 6.15. The highest BCUT2D eigenvalue weighted by atomic mass is 16.4. The van der Waals surface area contributed by atoms with Gasteiger partial charge in [0.15, 0.2) is 5.58 Å². The Labute approximate surface area is 140 Å². The molecule has 24 heavy (non-hydrogen) atoms. The lowest BCUT2D eigenvalue weighted by Crippen LogP contribution is -1.94. The maximum Gasteiger partial charge on any atom is 0.295 e. The van der Waals surface area contributed by atoms with Gasteiger partial charge in [-0.2, -0.15) is 4.98 Å². The van der Waals surface area contributed by atoms with E-state index in [1.54, 1.807) is 7.05 Å². The number of nitrogens with one attached hydrogen (secondary N) is 1. The molecule has 0 atom stereocenters. The normalized spacial score (nSPS) is 11.5. The maximum absolute atomic E-state index is 5.65. The largest absolute Gasteiger partial charge is 0.424 e. The number of oxazole rings is 1.